The second kappa shape index (κ2) is 5.85. The van der Waals surface area contributed by atoms with E-state index >= 15 is 0 Å². The first kappa shape index (κ1) is 14.7. The summed E-state index contributed by atoms with van der Waals surface area (Å²) in [4.78, 5) is 16.3. The van der Waals surface area contributed by atoms with Gasteiger partial charge in [0.15, 0.2) is 0 Å². The first-order valence-electron chi connectivity index (χ1n) is 7.60. The number of benzene rings is 1. The number of piperazine rings is 1. The maximum atomic E-state index is 11.6. The van der Waals surface area contributed by atoms with Crippen molar-refractivity contribution < 1.29 is 9.90 Å². The number of piperidine rings is 1. The van der Waals surface area contributed by atoms with E-state index in [0.29, 0.717) is 17.1 Å². The van der Waals surface area contributed by atoms with Gasteiger partial charge in [0.1, 0.15) is 5.56 Å². The Kier molecular flexibility index (Phi) is 4.09. The lowest BCUT2D eigenvalue weighted by Gasteiger charge is -2.48. The van der Waals surface area contributed by atoms with Crippen LogP contribution in [0.25, 0.3) is 0 Å². The second-order valence-corrected chi connectivity index (χ2v) is 6.49. The predicted molar refractivity (Wildman–Crippen MR) is 84.4 cm³/mol. The smallest absolute Gasteiger partial charge is 0.339 e. The number of aromatic carboxylic acids is 1. The SMILES string of the molecule is CC1CN2CCCCC2CN1c1cccc(Cl)c1C(=O)O. The fourth-order valence-corrected chi connectivity index (χ4v) is 3.90. The van der Waals surface area contributed by atoms with Crippen molar-refractivity contribution in [2.24, 2.45) is 0 Å². The summed E-state index contributed by atoms with van der Waals surface area (Å²) in [5, 5.41) is 9.79. The molecule has 1 aromatic rings. The van der Waals surface area contributed by atoms with Gasteiger partial charge in [-0.05, 0) is 38.4 Å². The Morgan fingerprint density at radius 3 is 2.90 bits per heavy atom. The maximum absolute atomic E-state index is 11.6. The third kappa shape index (κ3) is 2.74. The number of rotatable bonds is 2. The minimum Gasteiger partial charge on any atom is -0.478 e. The van der Waals surface area contributed by atoms with Gasteiger partial charge in [0.2, 0.25) is 0 Å². The zero-order valence-electron chi connectivity index (χ0n) is 12.3. The lowest BCUT2D eigenvalue weighted by Crippen LogP contribution is -2.59. The fourth-order valence-electron chi connectivity index (χ4n) is 3.65. The standard InChI is InChI=1S/C16H21ClN2O2/c1-11-9-18-8-3-2-5-12(18)10-19(11)14-7-4-6-13(17)15(14)16(20)21/h4,6-7,11-12H,2-3,5,8-10H2,1H3,(H,20,21). The molecule has 0 bridgehead atoms. The highest BCUT2D eigenvalue weighted by atomic mass is 35.5. The zero-order chi connectivity index (χ0) is 15.0. The molecule has 2 aliphatic heterocycles. The van der Waals surface area contributed by atoms with E-state index < -0.39 is 5.97 Å². The highest BCUT2D eigenvalue weighted by molar-refractivity contribution is 6.34. The van der Waals surface area contributed by atoms with Crippen molar-refractivity contribution in [2.75, 3.05) is 24.5 Å². The average molecular weight is 309 g/mol. The molecule has 0 saturated carbocycles. The molecule has 21 heavy (non-hydrogen) atoms. The van der Waals surface area contributed by atoms with Crippen molar-refractivity contribution in [1.29, 1.82) is 0 Å². The highest BCUT2D eigenvalue weighted by Gasteiger charge is 2.34. The van der Waals surface area contributed by atoms with Crippen LogP contribution in [-0.4, -0.2) is 47.7 Å². The van der Waals surface area contributed by atoms with E-state index in [0.717, 1.165) is 18.8 Å². The third-order valence-electron chi connectivity index (χ3n) is 4.70. The number of fused-ring (bicyclic) bond motifs is 1. The third-order valence-corrected chi connectivity index (χ3v) is 5.02. The molecule has 1 aromatic carbocycles. The Hall–Kier alpha value is -1.26. The molecule has 0 spiro atoms. The molecule has 2 saturated heterocycles. The summed E-state index contributed by atoms with van der Waals surface area (Å²) in [5.74, 6) is -0.950. The molecule has 0 amide bonds. The van der Waals surface area contributed by atoms with Gasteiger partial charge in [0.25, 0.3) is 0 Å². The van der Waals surface area contributed by atoms with Gasteiger partial charge in [-0.1, -0.05) is 24.1 Å². The van der Waals surface area contributed by atoms with E-state index in [9.17, 15) is 9.90 Å². The number of carbonyl (C=O) groups is 1. The Morgan fingerprint density at radius 1 is 1.33 bits per heavy atom. The summed E-state index contributed by atoms with van der Waals surface area (Å²) in [5.41, 5.74) is 0.989. The Labute approximate surface area is 130 Å². The van der Waals surface area contributed by atoms with Crippen LogP contribution in [0.15, 0.2) is 18.2 Å². The molecule has 0 aliphatic carbocycles. The average Bonchev–Trinajstić information content (AvgIpc) is 2.45. The van der Waals surface area contributed by atoms with E-state index in [2.05, 4.69) is 16.7 Å². The van der Waals surface area contributed by atoms with Crippen molar-refractivity contribution in [2.45, 2.75) is 38.3 Å². The molecule has 2 unspecified atom stereocenters. The van der Waals surface area contributed by atoms with Crippen LogP contribution >= 0.6 is 11.6 Å². The summed E-state index contributed by atoms with van der Waals surface area (Å²) in [6.07, 6.45) is 3.75. The largest absolute Gasteiger partial charge is 0.478 e. The highest BCUT2D eigenvalue weighted by Crippen LogP contribution is 2.33. The summed E-state index contributed by atoms with van der Waals surface area (Å²) in [6, 6.07) is 6.20. The number of anilines is 1. The normalized spacial score (nSPS) is 26.5. The van der Waals surface area contributed by atoms with Crippen LogP contribution in [0.5, 0.6) is 0 Å². The van der Waals surface area contributed by atoms with E-state index in [1.807, 2.05) is 12.1 Å². The van der Waals surface area contributed by atoms with Crippen molar-refractivity contribution in [3.8, 4) is 0 Å². The minimum absolute atomic E-state index is 0.232. The van der Waals surface area contributed by atoms with Gasteiger partial charge in [0.05, 0.1) is 10.7 Å². The van der Waals surface area contributed by atoms with Gasteiger partial charge < -0.3 is 10.0 Å². The summed E-state index contributed by atoms with van der Waals surface area (Å²) in [7, 11) is 0. The van der Waals surface area contributed by atoms with Crippen LogP contribution in [-0.2, 0) is 0 Å². The first-order valence-corrected chi connectivity index (χ1v) is 7.98. The van der Waals surface area contributed by atoms with Gasteiger partial charge in [-0.3, -0.25) is 4.90 Å². The lowest BCUT2D eigenvalue weighted by molar-refractivity contribution is 0.0696. The molecule has 2 atom stereocenters. The quantitative estimate of drug-likeness (QED) is 0.912. The molecular weight excluding hydrogens is 288 g/mol. The predicted octanol–water partition coefficient (Wildman–Crippen LogP) is 3.10. The topological polar surface area (TPSA) is 43.8 Å². The first-order chi connectivity index (χ1) is 10.1. The lowest BCUT2D eigenvalue weighted by atomic mass is 9.96. The van der Waals surface area contributed by atoms with E-state index in [1.54, 1.807) is 6.07 Å². The van der Waals surface area contributed by atoms with Crippen LogP contribution in [0, 0.1) is 0 Å². The van der Waals surface area contributed by atoms with E-state index in [-0.39, 0.29) is 5.56 Å². The maximum Gasteiger partial charge on any atom is 0.339 e. The fraction of sp³-hybridized carbons (Fsp3) is 0.562. The number of nitrogens with zero attached hydrogens (tertiary/aromatic N) is 2. The van der Waals surface area contributed by atoms with Crippen LogP contribution in [0.3, 0.4) is 0 Å². The molecule has 1 N–H and O–H groups in total. The molecule has 2 aliphatic rings. The van der Waals surface area contributed by atoms with E-state index in [4.69, 9.17) is 11.6 Å². The molecule has 2 heterocycles. The number of hydrogen-bond acceptors (Lipinski definition) is 3. The van der Waals surface area contributed by atoms with Crippen molar-refractivity contribution in [1.82, 2.24) is 4.90 Å². The number of carboxylic acid groups (broad SMARTS) is 1. The summed E-state index contributed by atoms with van der Waals surface area (Å²) < 4.78 is 0. The minimum atomic E-state index is -0.950. The molecule has 3 rings (SSSR count). The van der Waals surface area contributed by atoms with Gasteiger partial charge in [-0.15, -0.1) is 0 Å². The number of carboxylic acids is 1. The molecule has 0 aromatic heterocycles. The molecule has 5 heteroatoms. The molecular formula is C16H21ClN2O2. The van der Waals surface area contributed by atoms with Crippen molar-refractivity contribution >= 4 is 23.3 Å². The Bertz CT molecular complexity index is 549. The van der Waals surface area contributed by atoms with Crippen LogP contribution < -0.4 is 4.90 Å². The van der Waals surface area contributed by atoms with Gasteiger partial charge in [-0.25, -0.2) is 4.79 Å². The number of hydrogen-bond donors (Lipinski definition) is 1. The Morgan fingerprint density at radius 2 is 2.14 bits per heavy atom. The second-order valence-electron chi connectivity index (χ2n) is 6.09. The van der Waals surface area contributed by atoms with Crippen LogP contribution in [0.1, 0.15) is 36.5 Å². The number of halogens is 1. The van der Waals surface area contributed by atoms with Gasteiger partial charge in [0, 0.05) is 25.2 Å². The van der Waals surface area contributed by atoms with Gasteiger partial charge in [-0.2, -0.15) is 0 Å². The Balaban J connectivity index is 1.93. The molecule has 114 valence electrons. The van der Waals surface area contributed by atoms with Gasteiger partial charge >= 0.3 is 5.97 Å². The molecule has 0 radical (unpaired) electrons. The monoisotopic (exact) mass is 308 g/mol. The van der Waals surface area contributed by atoms with E-state index in [1.165, 1.54) is 25.8 Å². The summed E-state index contributed by atoms with van der Waals surface area (Å²) in [6.45, 7) is 5.22. The van der Waals surface area contributed by atoms with Crippen molar-refractivity contribution in [3.05, 3.63) is 28.8 Å². The van der Waals surface area contributed by atoms with Crippen LogP contribution in [0.4, 0.5) is 5.69 Å². The zero-order valence-corrected chi connectivity index (χ0v) is 13.0. The summed E-state index contributed by atoms with van der Waals surface area (Å²) >= 11 is 6.11. The van der Waals surface area contributed by atoms with Crippen molar-refractivity contribution in [3.63, 3.8) is 0 Å². The molecule has 2 fully saturated rings. The molecule has 4 nitrogen and oxygen atoms in total. The van der Waals surface area contributed by atoms with Crippen LogP contribution in [0.2, 0.25) is 5.02 Å².